The standard InChI is InChI=1S/C21H14F4N2/c1-12-5-2-10-18-20(12)26-21(19-16(24)8-4-9-17(19)25)27(18)11-13-14(22)6-3-7-15(13)23/h2-10H,11H2,1H3. The second-order valence-electron chi connectivity index (χ2n) is 6.26. The van der Waals surface area contributed by atoms with Crippen molar-refractivity contribution in [2.45, 2.75) is 13.5 Å². The second kappa shape index (κ2) is 6.54. The summed E-state index contributed by atoms with van der Waals surface area (Å²) in [4.78, 5) is 4.40. The Labute approximate surface area is 152 Å². The van der Waals surface area contributed by atoms with Crippen LogP contribution in [0.25, 0.3) is 22.4 Å². The largest absolute Gasteiger partial charge is 0.319 e. The Hall–Kier alpha value is -3.15. The summed E-state index contributed by atoms with van der Waals surface area (Å²) in [5.41, 5.74) is 1.32. The van der Waals surface area contributed by atoms with Gasteiger partial charge in [-0.05, 0) is 42.8 Å². The third-order valence-electron chi connectivity index (χ3n) is 4.54. The molecular weight excluding hydrogens is 356 g/mol. The molecule has 0 amide bonds. The lowest BCUT2D eigenvalue weighted by Crippen LogP contribution is -2.08. The van der Waals surface area contributed by atoms with Crippen molar-refractivity contribution < 1.29 is 17.6 Å². The van der Waals surface area contributed by atoms with Gasteiger partial charge in [0.1, 0.15) is 29.1 Å². The van der Waals surface area contributed by atoms with Crippen molar-refractivity contribution in [3.8, 4) is 11.4 Å². The molecule has 6 heteroatoms. The van der Waals surface area contributed by atoms with Crippen molar-refractivity contribution in [1.82, 2.24) is 9.55 Å². The fourth-order valence-electron chi connectivity index (χ4n) is 3.19. The van der Waals surface area contributed by atoms with Crippen molar-refractivity contribution in [2.24, 2.45) is 0 Å². The Kier molecular flexibility index (Phi) is 4.18. The first-order valence-corrected chi connectivity index (χ1v) is 8.30. The molecule has 0 saturated carbocycles. The van der Waals surface area contributed by atoms with Crippen molar-refractivity contribution in [3.63, 3.8) is 0 Å². The summed E-state index contributed by atoms with van der Waals surface area (Å²) < 4.78 is 58.6. The third-order valence-corrected chi connectivity index (χ3v) is 4.54. The zero-order valence-corrected chi connectivity index (χ0v) is 14.3. The number of rotatable bonds is 3. The topological polar surface area (TPSA) is 17.8 Å². The molecule has 2 nitrogen and oxygen atoms in total. The highest BCUT2D eigenvalue weighted by Gasteiger charge is 2.22. The number of nitrogens with zero attached hydrogens (tertiary/aromatic N) is 2. The molecule has 0 aliphatic rings. The van der Waals surface area contributed by atoms with Gasteiger partial charge < -0.3 is 4.57 Å². The highest BCUT2D eigenvalue weighted by molar-refractivity contribution is 5.83. The quantitative estimate of drug-likeness (QED) is 0.428. The predicted molar refractivity (Wildman–Crippen MR) is 95.3 cm³/mol. The molecule has 0 bridgehead atoms. The number of para-hydroxylation sites is 1. The fourth-order valence-corrected chi connectivity index (χ4v) is 3.19. The van der Waals surface area contributed by atoms with Gasteiger partial charge in [-0.1, -0.05) is 24.3 Å². The Morgan fingerprint density at radius 1 is 0.778 bits per heavy atom. The maximum absolute atomic E-state index is 14.4. The first-order chi connectivity index (χ1) is 13.0. The smallest absolute Gasteiger partial charge is 0.147 e. The van der Waals surface area contributed by atoms with Gasteiger partial charge in [-0.15, -0.1) is 0 Å². The Balaban J connectivity index is 2.03. The molecule has 1 heterocycles. The molecular formula is C21H14F4N2. The van der Waals surface area contributed by atoms with Crippen LogP contribution in [0.1, 0.15) is 11.1 Å². The van der Waals surface area contributed by atoms with Crippen molar-refractivity contribution in [3.05, 3.63) is 89.0 Å². The van der Waals surface area contributed by atoms with Crippen molar-refractivity contribution in [1.29, 1.82) is 0 Å². The highest BCUT2D eigenvalue weighted by atomic mass is 19.1. The molecule has 0 radical (unpaired) electrons. The SMILES string of the molecule is Cc1cccc2c1nc(-c1c(F)cccc1F)n2Cc1c(F)cccc1F. The fraction of sp³-hybridized carbons (Fsp3) is 0.0952. The van der Waals surface area contributed by atoms with Crippen LogP contribution in [0.5, 0.6) is 0 Å². The second-order valence-corrected chi connectivity index (χ2v) is 6.26. The molecule has 4 aromatic rings. The van der Waals surface area contributed by atoms with Gasteiger partial charge in [0.15, 0.2) is 0 Å². The number of aromatic nitrogens is 2. The van der Waals surface area contributed by atoms with Crippen LogP contribution < -0.4 is 0 Å². The Morgan fingerprint density at radius 3 is 1.96 bits per heavy atom. The number of hydrogen-bond donors (Lipinski definition) is 0. The minimum absolute atomic E-state index is 0.0162. The van der Waals surface area contributed by atoms with Crippen LogP contribution in [-0.2, 0) is 6.54 Å². The average molecular weight is 370 g/mol. The summed E-state index contributed by atoms with van der Waals surface area (Å²) in [6, 6.07) is 12.3. The van der Waals surface area contributed by atoms with E-state index in [1.165, 1.54) is 16.7 Å². The van der Waals surface area contributed by atoms with E-state index in [1.54, 1.807) is 12.1 Å². The van der Waals surface area contributed by atoms with Gasteiger partial charge in [0.05, 0.1) is 23.1 Å². The van der Waals surface area contributed by atoms with E-state index in [2.05, 4.69) is 4.98 Å². The minimum atomic E-state index is -0.793. The molecule has 4 rings (SSSR count). The molecule has 0 unspecified atom stereocenters. The lowest BCUT2D eigenvalue weighted by Gasteiger charge is -2.12. The number of aryl methyl sites for hydroxylation is 1. The van der Waals surface area contributed by atoms with E-state index >= 15 is 0 Å². The summed E-state index contributed by atoms with van der Waals surface area (Å²) in [5.74, 6) is -3.07. The molecule has 0 aliphatic heterocycles. The number of hydrogen-bond acceptors (Lipinski definition) is 1. The number of benzene rings is 3. The van der Waals surface area contributed by atoms with E-state index in [9.17, 15) is 17.6 Å². The molecule has 0 atom stereocenters. The lowest BCUT2D eigenvalue weighted by molar-refractivity contribution is 0.546. The zero-order chi connectivity index (χ0) is 19.1. The number of fused-ring (bicyclic) bond motifs is 1. The highest BCUT2D eigenvalue weighted by Crippen LogP contribution is 2.31. The summed E-state index contributed by atoms with van der Waals surface area (Å²) in [7, 11) is 0. The van der Waals surface area contributed by atoms with Gasteiger partial charge >= 0.3 is 0 Å². The third kappa shape index (κ3) is 2.87. The van der Waals surface area contributed by atoms with E-state index in [1.807, 2.05) is 13.0 Å². The van der Waals surface area contributed by atoms with Crippen LogP contribution >= 0.6 is 0 Å². The minimum Gasteiger partial charge on any atom is -0.319 e. The van der Waals surface area contributed by atoms with E-state index in [-0.39, 0.29) is 23.5 Å². The van der Waals surface area contributed by atoms with Gasteiger partial charge in [-0.25, -0.2) is 22.5 Å². The van der Waals surface area contributed by atoms with E-state index < -0.39 is 23.3 Å². The summed E-state index contributed by atoms with van der Waals surface area (Å²) in [6.07, 6.45) is 0. The molecule has 3 aromatic carbocycles. The van der Waals surface area contributed by atoms with Gasteiger partial charge in [-0.3, -0.25) is 0 Å². The zero-order valence-electron chi connectivity index (χ0n) is 14.3. The van der Waals surface area contributed by atoms with Crippen LogP contribution in [0, 0.1) is 30.2 Å². The van der Waals surface area contributed by atoms with Gasteiger partial charge in [0.25, 0.3) is 0 Å². The molecule has 0 saturated heterocycles. The molecule has 0 aliphatic carbocycles. The van der Waals surface area contributed by atoms with E-state index in [0.29, 0.717) is 11.0 Å². The number of halogens is 4. The predicted octanol–water partition coefficient (Wildman–Crippen LogP) is 5.62. The Morgan fingerprint density at radius 2 is 1.33 bits per heavy atom. The van der Waals surface area contributed by atoms with Crippen LogP contribution in [0.3, 0.4) is 0 Å². The van der Waals surface area contributed by atoms with Crippen molar-refractivity contribution in [2.75, 3.05) is 0 Å². The molecule has 1 aromatic heterocycles. The van der Waals surface area contributed by atoms with Gasteiger partial charge in [0, 0.05) is 5.56 Å². The van der Waals surface area contributed by atoms with Gasteiger partial charge in [-0.2, -0.15) is 0 Å². The van der Waals surface area contributed by atoms with Crippen LogP contribution in [0.15, 0.2) is 54.6 Å². The maximum atomic E-state index is 14.4. The average Bonchev–Trinajstić information content (AvgIpc) is 2.98. The van der Waals surface area contributed by atoms with Crippen LogP contribution in [-0.4, -0.2) is 9.55 Å². The van der Waals surface area contributed by atoms with Crippen molar-refractivity contribution >= 4 is 11.0 Å². The molecule has 0 N–H and O–H groups in total. The van der Waals surface area contributed by atoms with Crippen LogP contribution in [0.2, 0.25) is 0 Å². The maximum Gasteiger partial charge on any atom is 0.147 e. The van der Waals surface area contributed by atoms with Crippen LogP contribution in [0.4, 0.5) is 17.6 Å². The first-order valence-electron chi connectivity index (χ1n) is 8.30. The molecule has 136 valence electrons. The normalized spacial score (nSPS) is 11.3. The van der Waals surface area contributed by atoms with E-state index in [4.69, 9.17) is 0 Å². The van der Waals surface area contributed by atoms with E-state index in [0.717, 1.165) is 29.8 Å². The summed E-state index contributed by atoms with van der Waals surface area (Å²) in [6.45, 7) is 1.56. The molecule has 0 spiro atoms. The monoisotopic (exact) mass is 370 g/mol. The Bertz CT molecular complexity index is 1120. The molecule has 27 heavy (non-hydrogen) atoms. The summed E-state index contributed by atoms with van der Waals surface area (Å²) in [5, 5.41) is 0. The first kappa shape index (κ1) is 17.3. The lowest BCUT2D eigenvalue weighted by atomic mass is 10.1. The molecule has 0 fully saturated rings. The van der Waals surface area contributed by atoms with Gasteiger partial charge in [0.2, 0.25) is 0 Å². The summed E-state index contributed by atoms with van der Waals surface area (Å²) >= 11 is 0. The number of imidazole rings is 1.